The van der Waals surface area contributed by atoms with E-state index in [1.165, 1.54) is 12.8 Å². The van der Waals surface area contributed by atoms with Crippen LogP contribution in [0.5, 0.6) is 0 Å². The Kier molecular flexibility index (Phi) is 1.62. The average molecular weight is 125 g/mol. The van der Waals surface area contributed by atoms with E-state index >= 15 is 0 Å². The second-order valence-electron chi connectivity index (χ2n) is 2.92. The molecule has 1 nitrogen and oxygen atoms in total. The molecule has 1 rings (SSSR count). The first-order valence-corrected chi connectivity index (χ1v) is 3.65. The summed E-state index contributed by atoms with van der Waals surface area (Å²) < 4.78 is 0. The van der Waals surface area contributed by atoms with Crippen LogP contribution in [0.15, 0.2) is 12.2 Å². The first-order chi connectivity index (χ1) is 4.23. The minimum atomic E-state index is 0.0868. The second kappa shape index (κ2) is 2.14. The van der Waals surface area contributed by atoms with Gasteiger partial charge in [0.25, 0.3) is 0 Å². The standard InChI is InChI=1S/C8H15N/c1-3-5-8(9)6-7(8)4-2/h3,5,7H,4,6,9H2,1-2H3/b5-3+/t7-,8+/m1/s1. The van der Waals surface area contributed by atoms with E-state index in [0.717, 1.165) is 5.92 Å². The van der Waals surface area contributed by atoms with Gasteiger partial charge in [-0.1, -0.05) is 25.5 Å². The van der Waals surface area contributed by atoms with E-state index in [9.17, 15) is 0 Å². The lowest BCUT2D eigenvalue weighted by Gasteiger charge is -2.00. The van der Waals surface area contributed by atoms with Gasteiger partial charge in [0.15, 0.2) is 0 Å². The molecule has 1 fully saturated rings. The lowest BCUT2D eigenvalue weighted by atomic mass is 10.2. The molecule has 9 heavy (non-hydrogen) atoms. The fraction of sp³-hybridized carbons (Fsp3) is 0.750. The number of nitrogens with two attached hydrogens (primary N) is 1. The Hall–Kier alpha value is -0.300. The summed E-state index contributed by atoms with van der Waals surface area (Å²) >= 11 is 0. The highest BCUT2D eigenvalue weighted by Crippen LogP contribution is 2.44. The molecule has 2 N–H and O–H groups in total. The van der Waals surface area contributed by atoms with E-state index < -0.39 is 0 Å². The van der Waals surface area contributed by atoms with Crippen molar-refractivity contribution in [2.24, 2.45) is 11.7 Å². The summed E-state index contributed by atoms with van der Waals surface area (Å²) in [4.78, 5) is 0. The minimum absolute atomic E-state index is 0.0868. The SMILES string of the molecule is C/C=C/[C@]1(N)C[C@H]1CC. The molecule has 0 amide bonds. The molecule has 0 radical (unpaired) electrons. The Morgan fingerprint density at radius 1 is 1.78 bits per heavy atom. The van der Waals surface area contributed by atoms with Crippen LogP contribution in [0.25, 0.3) is 0 Å². The Balaban J connectivity index is 2.42. The van der Waals surface area contributed by atoms with Crippen molar-refractivity contribution in [3.8, 4) is 0 Å². The van der Waals surface area contributed by atoms with Crippen molar-refractivity contribution in [3.05, 3.63) is 12.2 Å². The van der Waals surface area contributed by atoms with Gasteiger partial charge in [0.05, 0.1) is 0 Å². The number of rotatable bonds is 2. The summed E-state index contributed by atoms with van der Waals surface area (Å²) in [6.07, 6.45) is 6.59. The number of hydrogen-bond donors (Lipinski definition) is 1. The van der Waals surface area contributed by atoms with Crippen LogP contribution in [0.1, 0.15) is 26.7 Å². The van der Waals surface area contributed by atoms with Crippen LogP contribution in [0.2, 0.25) is 0 Å². The summed E-state index contributed by atoms with van der Waals surface area (Å²) in [5, 5.41) is 0. The van der Waals surface area contributed by atoms with Crippen LogP contribution < -0.4 is 5.73 Å². The number of hydrogen-bond acceptors (Lipinski definition) is 1. The van der Waals surface area contributed by atoms with E-state index in [1.807, 2.05) is 6.92 Å². The largest absolute Gasteiger partial charge is 0.322 e. The third-order valence-electron chi connectivity index (χ3n) is 2.17. The van der Waals surface area contributed by atoms with Gasteiger partial charge in [-0.05, 0) is 19.3 Å². The molecule has 0 bridgehead atoms. The maximum Gasteiger partial charge on any atom is 0.0371 e. The zero-order chi connectivity index (χ0) is 6.91. The van der Waals surface area contributed by atoms with Gasteiger partial charge in [0.1, 0.15) is 0 Å². The smallest absolute Gasteiger partial charge is 0.0371 e. The van der Waals surface area contributed by atoms with Crippen LogP contribution in [-0.4, -0.2) is 5.54 Å². The van der Waals surface area contributed by atoms with E-state index in [4.69, 9.17) is 5.73 Å². The van der Waals surface area contributed by atoms with Gasteiger partial charge >= 0.3 is 0 Å². The molecule has 52 valence electrons. The van der Waals surface area contributed by atoms with Crippen molar-refractivity contribution in [3.63, 3.8) is 0 Å². The third kappa shape index (κ3) is 1.16. The second-order valence-corrected chi connectivity index (χ2v) is 2.92. The molecule has 0 aromatic rings. The third-order valence-corrected chi connectivity index (χ3v) is 2.17. The average Bonchev–Trinajstić information content (AvgIpc) is 2.43. The minimum Gasteiger partial charge on any atom is -0.322 e. The Labute approximate surface area is 56.9 Å². The predicted molar refractivity (Wildman–Crippen MR) is 40.1 cm³/mol. The molecule has 2 atom stereocenters. The Morgan fingerprint density at radius 3 is 2.78 bits per heavy atom. The molecule has 1 saturated carbocycles. The van der Waals surface area contributed by atoms with E-state index in [-0.39, 0.29) is 5.54 Å². The molecule has 0 aromatic carbocycles. The normalized spacial score (nSPS) is 41.9. The molecule has 0 unspecified atom stereocenters. The van der Waals surface area contributed by atoms with Crippen LogP contribution in [0.3, 0.4) is 0 Å². The molecule has 1 aliphatic carbocycles. The Morgan fingerprint density at radius 2 is 2.44 bits per heavy atom. The zero-order valence-corrected chi connectivity index (χ0v) is 6.22. The lowest BCUT2D eigenvalue weighted by molar-refractivity contribution is 0.682. The highest BCUT2D eigenvalue weighted by atomic mass is 14.8. The highest BCUT2D eigenvalue weighted by Gasteiger charge is 2.46. The summed E-state index contributed by atoms with van der Waals surface area (Å²) in [7, 11) is 0. The predicted octanol–water partition coefficient (Wildman–Crippen LogP) is 1.69. The quantitative estimate of drug-likeness (QED) is 0.558. The fourth-order valence-corrected chi connectivity index (χ4v) is 1.41. The van der Waals surface area contributed by atoms with Gasteiger partial charge in [0.2, 0.25) is 0 Å². The van der Waals surface area contributed by atoms with E-state index in [2.05, 4.69) is 19.1 Å². The van der Waals surface area contributed by atoms with Gasteiger partial charge in [-0.25, -0.2) is 0 Å². The molecule has 0 heterocycles. The molecular weight excluding hydrogens is 110 g/mol. The van der Waals surface area contributed by atoms with Gasteiger partial charge in [0, 0.05) is 5.54 Å². The molecule has 0 saturated heterocycles. The van der Waals surface area contributed by atoms with Crippen molar-refractivity contribution in [1.29, 1.82) is 0 Å². The van der Waals surface area contributed by atoms with Crippen molar-refractivity contribution >= 4 is 0 Å². The fourth-order valence-electron chi connectivity index (χ4n) is 1.41. The first-order valence-electron chi connectivity index (χ1n) is 3.65. The lowest BCUT2D eigenvalue weighted by Crippen LogP contribution is -2.21. The van der Waals surface area contributed by atoms with Gasteiger partial charge < -0.3 is 5.73 Å². The molecule has 0 aliphatic heterocycles. The maximum atomic E-state index is 5.93. The molecule has 0 spiro atoms. The van der Waals surface area contributed by atoms with Gasteiger partial charge in [-0.3, -0.25) is 0 Å². The highest BCUT2D eigenvalue weighted by molar-refractivity contribution is 5.19. The van der Waals surface area contributed by atoms with Crippen LogP contribution in [0, 0.1) is 5.92 Å². The van der Waals surface area contributed by atoms with Crippen LogP contribution in [-0.2, 0) is 0 Å². The summed E-state index contributed by atoms with van der Waals surface area (Å²) in [5.41, 5.74) is 6.01. The summed E-state index contributed by atoms with van der Waals surface area (Å²) in [6, 6.07) is 0. The molecular formula is C8H15N. The molecule has 1 aliphatic rings. The Bertz CT molecular complexity index is 129. The number of allylic oxidation sites excluding steroid dienone is 1. The molecule has 0 aromatic heterocycles. The van der Waals surface area contributed by atoms with E-state index in [0.29, 0.717) is 0 Å². The van der Waals surface area contributed by atoms with Gasteiger partial charge in [-0.2, -0.15) is 0 Å². The van der Waals surface area contributed by atoms with E-state index in [1.54, 1.807) is 0 Å². The maximum absolute atomic E-state index is 5.93. The van der Waals surface area contributed by atoms with Crippen molar-refractivity contribution in [2.75, 3.05) is 0 Å². The van der Waals surface area contributed by atoms with Crippen LogP contribution in [0.4, 0.5) is 0 Å². The van der Waals surface area contributed by atoms with Crippen LogP contribution >= 0.6 is 0 Å². The topological polar surface area (TPSA) is 26.0 Å². The summed E-state index contributed by atoms with van der Waals surface area (Å²) in [5.74, 6) is 0.758. The monoisotopic (exact) mass is 125 g/mol. The van der Waals surface area contributed by atoms with Gasteiger partial charge in [-0.15, -0.1) is 0 Å². The first kappa shape index (κ1) is 6.81. The summed E-state index contributed by atoms with van der Waals surface area (Å²) in [6.45, 7) is 4.22. The zero-order valence-electron chi connectivity index (χ0n) is 6.22. The van der Waals surface area contributed by atoms with Crippen molar-refractivity contribution in [1.82, 2.24) is 0 Å². The van der Waals surface area contributed by atoms with Crippen molar-refractivity contribution < 1.29 is 0 Å². The molecule has 1 heteroatoms. The van der Waals surface area contributed by atoms with Crippen molar-refractivity contribution in [2.45, 2.75) is 32.2 Å².